The summed E-state index contributed by atoms with van der Waals surface area (Å²) in [7, 11) is 1.77. The smallest absolute Gasteiger partial charge is 0.0870 e. The van der Waals surface area contributed by atoms with Crippen molar-refractivity contribution in [1.29, 1.82) is 0 Å². The van der Waals surface area contributed by atoms with Crippen LogP contribution in [0, 0.1) is 6.92 Å². The Morgan fingerprint density at radius 3 is 2.62 bits per heavy atom. The SMILES string of the molecule is COC1(C(N)c2cncc(C)c2)CCCC1. The molecule has 0 radical (unpaired) electrons. The summed E-state index contributed by atoms with van der Waals surface area (Å²) >= 11 is 0. The number of aryl methyl sites for hydroxylation is 1. The highest BCUT2D eigenvalue weighted by molar-refractivity contribution is 5.23. The molecule has 0 aliphatic heterocycles. The van der Waals surface area contributed by atoms with E-state index in [1.165, 1.54) is 12.8 Å². The lowest BCUT2D eigenvalue weighted by Crippen LogP contribution is -2.40. The van der Waals surface area contributed by atoms with E-state index in [-0.39, 0.29) is 11.6 Å². The molecule has 2 N–H and O–H groups in total. The van der Waals surface area contributed by atoms with E-state index in [1.807, 2.05) is 19.3 Å². The standard InChI is InChI=1S/C13H20N2O/c1-10-7-11(9-15-8-10)12(14)13(16-2)5-3-4-6-13/h7-9,12H,3-6,14H2,1-2H3. The monoisotopic (exact) mass is 220 g/mol. The van der Waals surface area contributed by atoms with Crippen molar-refractivity contribution >= 4 is 0 Å². The highest BCUT2D eigenvalue weighted by Crippen LogP contribution is 2.41. The Bertz CT molecular complexity index is 359. The lowest BCUT2D eigenvalue weighted by molar-refractivity contribution is -0.0265. The molecule has 1 aliphatic rings. The average Bonchev–Trinajstić information content (AvgIpc) is 2.78. The Hall–Kier alpha value is -0.930. The first-order valence-electron chi connectivity index (χ1n) is 5.90. The van der Waals surface area contributed by atoms with Crippen LogP contribution in [0.2, 0.25) is 0 Å². The van der Waals surface area contributed by atoms with Crippen LogP contribution in [0.25, 0.3) is 0 Å². The summed E-state index contributed by atoms with van der Waals surface area (Å²) in [6, 6.07) is 2.05. The molecule has 1 unspecified atom stereocenters. The van der Waals surface area contributed by atoms with Crippen molar-refractivity contribution in [3.05, 3.63) is 29.6 Å². The summed E-state index contributed by atoms with van der Waals surface area (Å²) in [5.74, 6) is 0. The third-order valence-corrected chi connectivity index (χ3v) is 3.68. The molecule has 1 atom stereocenters. The van der Waals surface area contributed by atoms with Crippen molar-refractivity contribution in [1.82, 2.24) is 4.98 Å². The third-order valence-electron chi connectivity index (χ3n) is 3.68. The van der Waals surface area contributed by atoms with Crippen LogP contribution < -0.4 is 5.73 Å². The topological polar surface area (TPSA) is 48.1 Å². The summed E-state index contributed by atoms with van der Waals surface area (Å²) in [4.78, 5) is 4.21. The number of rotatable bonds is 3. The lowest BCUT2D eigenvalue weighted by atomic mass is 9.88. The minimum absolute atomic E-state index is 0.0626. The molecule has 0 amide bonds. The Labute approximate surface area is 97.0 Å². The zero-order valence-electron chi connectivity index (χ0n) is 10.1. The van der Waals surface area contributed by atoms with Gasteiger partial charge in [0.15, 0.2) is 0 Å². The van der Waals surface area contributed by atoms with Gasteiger partial charge < -0.3 is 10.5 Å². The van der Waals surface area contributed by atoms with Gasteiger partial charge in [-0.2, -0.15) is 0 Å². The maximum absolute atomic E-state index is 6.35. The molecule has 1 aromatic rings. The molecule has 0 bridgehead atoms. The van der Waals surface area contributed by atoms with Gasteiger partial charge in [0, 0.05) is 19.5 Å². The zero-order chi connectivity index (χ0) is 11.6. The maximum Gasteiger partial charge on any atom is 0.0870 e. The largest absolute Gasteiger partial charge is 0.376 e. The number of nitrogens with two attached hydrogens (primary N) is 1. The van der Waals surface area contributed by atoms with Gasteiger partial charge in [-0.1, -0.05) is 18.9 Å². The second kappa shape index (κ2) is 4.52. The average molecular weight is 220 g/mol. The molecule has 2 rings (SSSR count). The molecule has 3 heteroatoms. The number of pyridine rings is 1. The second-order valence-corrected chi connectivity index (χ2v) is 4.75. The van der Waals surface area contributed by atoms with Gasteiger partial charge in [0.2, 0.25) is 0 Å². The predicted molar refractivity (Wildman–Crippen MR) is 64.1 cm³/mol. The fourth-order valence-corrected chi connectivity index (χ4v) is 2.67. The summed E-state index contributed by atoms with van der Waals surface area (Å²) in [6.45, 7) is 2.04. The van der Waals surface area contributed by atoms with E-state index in [0.717, 1.165) is 24.0 Å². The van der Waals surface area contributed by atoms with E-state index in [1.54, 1.807) is 7.11 Å². The fourth-order valence-electron chi connectivity index (χ4n) is 2.67. The Morgan fingerprint density at radius 2 is 2.06 bits per heavy atom. The third kappa shape index (κ3) is 1.97. The Morgan fingerprint density at radius 1 is 1.38 bits per heavy atom. The molecule has 1 saturated carbocycles. The Kier molecular flexibility index (Phi) is 3.26. The molecule has 1 aromatic heterocycles. The van der Waals surface area contributed by atoms with Crippen LogP contribution in [0.15, 0.2) is 18.5 Å². The number of hydrogen-bond donors (Lipinski definition) is 1. The van der Waals surface area contributed by atoms with E-state index in [0.29, 0.717) is 0 Å². The predicted octanol–water partition coefficient (Wildman–Crippen LogP) is 2.35. The minimum atomic E-state index is -0.171. The zero-order valence-corrected chi connectivity index (χ0v) is 10.1. The molecule has 88 valence electrons. The van der Waals surface area contributed by atoms with Gasteiger partial charge in [0.05, 0.1) is 11.6 Å². The van der Waals surface area contributed by atoms with Crippen molar-refractivity contribution in [2.24, 2.45) is 5.73 Å². The van der Waals surface area contributed by atoms with Crippen LogP contribution in [-0.4, -0.2) is 17.7 Å². The fraction of sp³-hybridized carbons (Fsp3) is 0.615. The molecule has 0 saturated heterocycles. The number of nitrogens with zero attached hydrogens (tertiary/aromatic N) is 1. The molecule has 1 heterocycles. The van der Waals surface area contributed by atoms with Gasteiger partial charge in [-0.15, -0.1) is 0 Å². The molecule has 0 aromatic carbocycles. The highest BCUT2D eigenvalue weighted by atomic mass is 16.5. The van der Waals surface area contributed by atoms with E-state index in [2.05, 4.69) is 11.1 Å². The van der Waals surface area contributed by atoms with Gasteiger partial charge in [-0.3, -0.25) is 4.98 Å². The first-order chi connectivity index (χ1) is 7.68. The van der Waals surface area contributed by atoms with E-state index in [4.69, 9.17) is 10.5 Å². The van der Waals surface area contributed by atoms with Gasteiger partial charge >= 0.3 is 0 Å². The summed E-state index contributed by atoms with van der Waals surface area (Å²) in [5, 5.41) is 0. The maximum atomic E-state index is 6.35. The molecule has 16 heavy (non-hydrogen) atoms. The Balaban J connectivity index is 2.26. The van der Waals surface area contributed by atoms with Gasteiger partial charge in [0.25, 0.3) is 0 Å². The van der Waals surface area contributed by atoms with E-state index < -0.39 is 0 Å². The van der Waals surface area contributed by atoms with E-state index in [9.17, 15) is 0 Å². The molecular weight excluding hydrogens is 200 g/mol. The van der Waals surface area contributed by atoms with Crippen LogP contribution in [-0.2, 0) is 4.74 Å². The first-order valence-corrected chi connectivity index (χ1v) is 5.90. The molecule has 1 fully saturated rings. The molecule has 0 spiro atoms. The van der Waals surface area contributed by atoms with Crippen LogP contribution in [0.4, 0.5) is 0 Å². The highest BCUT2D eigenvalue weighted by Gasteiger charge is 2.40. The van der Waals surface area contributed by atoms with Crippen molar-refractivity contribution in [3.63, 3.8) is 0 Å². The number of ether oxygens (including phenoxy) is 1. The first kappa shape index (κ1) is 11.6. The summed E-state index contributed by atoms with van der Waals surface area (Å²) < 4.78 is 5.70. The van der Waals surface area contributed by atoms with Crippen molar-refractivity contribution in [3.8, 4) is 0 Å². The van der Waals surface area contributed by atoms with Crippen molar-refractivity contribution in [2.75, 3.05) is 7.11 Å². The molecule has 1 aliphatic carbocycles. The number of methoxy groups -OCH3 is 1. The van der Waals surface area contributed by atoms with Crippen LogP contribution in [0.1, 0.15) is 42.9 Å². The number of hydrogen-bond acceptors (Lipinski definition) is 3. The normalized spacial score (nSPS) is 20.9. The quantitative estimate of drug-likeness (QED) is 0.850. The van der Waals surface area contributed by atoms with Crippen molar-refractivity contribution in [2.45, 2.75) is 44.2 Å². The van der Waals surface area contributed by atoms with E-state index >= 15 is 0 Å². The molecular formula is C13H20N2O. The van der Waals surface area contributed by atoms with Crippen LogP contribution >= 0.6 is 0 Å². The van der Waals surface area contributed by atoms with Gasteiger partial charge in [-0.05, 0) is 30.9 Å². The van der Waals surface area contributed by atoms with Crippen molar-refractivity contribution < 1.29 is 4.74 Å². The van der Waals surface area contributed by atoms with Crippen LogP contribution in [0.3, 0.4) is 0 Å². The summed E-state index contributed by atoms with van der Waals surface area (Å²) in [5.41, 5.74) is 8.42. The van der Waals surface area contributed by atoms with Crippen LogP contribution in [0.5, 0.6) is 0 Å². The summed E-state index contributed by atoms with van der Waals surface area (Å²) in [6.07, 6.45) is 8.24. The second-order valence-electron chi connectivity index (χ2n) is 4.75. The number of aromatic nitrogens is 1. The molecule has 3 nitrogen and oxygen atoms in total. The minimum Gasteiger partial charge on any atom is -0.376 e. The lowest BCUT2D eigenvalue weighted by Gasteiger charge is -2.34. The van der Waals surface area contributed by atoms with Gasteiger partial charge in [0.1, 0.15) is 0 Å². The van der Waals surface area contributed by atoms with Gasteiger partial charge in [-0.25, -0.2) is 0 Å².